The number of rotatable bonds is 1. The van der Waals surface area contributed by atoms with Crippen LogP contribution in [0.2, 0.25) is 0 Å². The number of hydrogen-bond donors (Lipinski definition) is 0. The fourth-order valence-electron chi connectivity index (χ4n) is 3.18. The molecule has 4 rings (SSSR count). The fourth-order valence-corrected chi connectivity index (χ4v) is 3.18. The molecule has 23 heavy (non-hydrogen) atoms. The highest BCUT2D eigenvalue weighted by molar-refractivity contribution is 6.06. The van der Waals surface area contributed by atoms with Crippen molar-refractivity contribution >= 4 is 22.6 Å². The summed E-state index contributed by atoms with van der Waals surface area (Å²) < 4.78 is 0. The minimum Gasteiger partial charge on any atom is -0.304 e. The lowest BCUT2D eigenvalue weighted by Gasteiger charge is -2.35. The molecule has 0 saturated carbocycles. The molecule has 1 aromatic heterocycles. The zero-order chi connectivity index (χ0) is 15.8. The van der Waals surface area contributed by atoms with Gasteiger partial charge in [-0.15, -0.1) is 0 Å². The highest BCUT2D eigenvalue weighted by Crippen LogP contribution is 2.31. The summed E-state index contributed by atoms with van der Waals surface area (Å²) >= 11 is 0. The number of aromatic nitrogens is 2. The maximum Gasteiger partial charge on any atom is 0.278 e. The molecule has 0 bridgehead atoms. The highest BCUT2D eigenvalue weighted by Gasteiger charge is 2.29. The van der Waals surface area contributed by atoms with Crippen molar-refractivity contribution in [1.82, 2.24) is 9.97 Å². The second-order valence-corrected chi connectivity index (χ2v) is 5.94. The molecule has 1 amide bonds. The Hall–Kier alpha value is -2.75. The van der Waals surface area contributed by atoms with Gasteiger partial charge in [-0.25, -0.2) is 4.98 Å². The lowest BCUT2D eigenvalue weighted by Crippen LogP contribution is -2.42. The van der Waals surface area contributed by atoms with Crippen LogP contribution < -0.4 is 4.90 Å². The van der Waals surface area contributed by atoms with Crippen molar-refractivity contribution in [3.8, 4) is 0 Å². The number of nitrogens with zero attached hydrogens (tertiary/aromatic N) is 3. The first kappa shape index (κ1) is 13.9. The van der Waals surface area contributed by atoms with E-state index in [1.165, 1.54) is 5.56 Å². The largest absolute Gasteiger partial charge is 0.304 e. The quantitative estimate of drug-likeness (QED) is 0.690. The number of anilines is 1. The molecule has 0 N–H and O–H groups in total. The summed E-state index contributed by atoms with van der Waals surface area (Å²) in [5.41, 5.74) is 4.15. The zero-order valence-corrected chi connectivity index (χ0v) is 12.9. The number of carbonyl (C=O) groups is 1. The number of benzene rings is 2. The topological polar surface area (TPSA) is 46.1 Å². The SMILES string of the molecule is C[C@H]1CCc2ccccc2N1C(=O)c1cnc2ccccc2n1. The third kappa shape index (κ3) is 2.36. The molecular weight excluding hydrogens is 286 g/mol. The van der Waals surface area contributed by atoms with Crippen molar-refractivity contribution in [3.05, 3.63) is 66.0 Å². The fraction of sp³-hybridized carbons (Fsp3) is 0.211. The Bertz CT molecular complexity index is 890. The van der Waals surface area contributed by atoms with Crippen LogP contribution in [-0.4, -0.2) is 21.9 Å². The van der Waals surface area contributed by atoms with E-state index in [-0.39, 0.29) is 11.9 Å². The average Bonchev–Trinajstić information content (AvgIpc) is 2.60. The molecule has 2 aromatic carbocycles. The summed E-state index contributed by atoms with van der Waals surface area (Å²) in [5, 5.41) is 0. The second-order valence-electron chi connectivity index (χ2n) is 5.94. The summed E-state index contributed by atoms with van der Waals surface area (Å²) in [6.07, 6.45) is 3.54. The second kappa shape index (κ2) is 5.47. The Kier molecular flexibility index (Phi) is 3.30. The Balaban J connectivity index is 1.78. The normalized spacial score (nSPS) is 17.1. The van der Waals surface area contributed by atoms with Crippen molar-refractivity contribution in [3.63, 3.8) is 0 Å². The van der Waals surface area contributed by atoms with Gasteiger partial charge in [-0.1, -0.05) is 30.3 Å². The van der Waals surface area contributed by atoms with Crippen molar-refractivity contribution in [2.24, 2.45) is 0 Å². The van der Waals surface area contributed by atoms with E-state index in [1.54, 1.807) is 6.20 Å². The minimum absolute atomic E-state index is 0.0806. The molecule has 1 aliphatic heterocycles. The van der Waals surface area contributed by atoms with Gasteiger partial charge in [0.2, 0.25) is 0 Å². The highest BCUT2D eigenvalue weighted by atomic mass is 16.2. The molecule has 0 fully saturated rings. The lowest BCUT2D eigenvalue weighted by atomic mass is 9.96. The predicted molar refractivity (Wildman–Crippen MR) is 90.6 cm³/mol. The van der Waals surface area contributed by atoms with E-state index in [0.29, 0.717) is 5.69 Å². The smallest absolute Gasteiger partial charge is 0.278 e. The van der Waals surface area contributed by atoms with Crippen LogP contribution >= 0.6 is 0 Å². The summed E-state index contributed by atoms with van der Waals surface area (Å²) in [5.74, 6) is -0.0806. The van der Waals surface area contributed by atoms with Gasteiger partial charge in [0.1, 0.15) is 5.69 Å². The van der Waals surface area contributed by atoms with E-state index in [9.17, 15) is 4.79 Å². The van der Waals surface area contributed by atoms with Gasteiger partial charge in [0.25, 0.3) is 5.91 Å². The molecule has 0 unspecified atom stereocenters. The molecule has 2 heterocycles. The Morgan fingerprint density at radius 3 is 2.70 bits per heavy atom. The molecule has 0 aliphatic carbocycles. The number of hydrogen-bond acceptors (Lipinski definition) is 3. The number of amides is 1. The Morgan fingerprint density at radius 2 is 1.83 bits per heavy atom. The first-order valence-electron chi connectivity index (χ1n) is 7.87. The van der Waals surface area contributed by atoms with Gasteiger partial charge in [-0.2, -0.15) is 0 Å². The first-order chi connectivity index (χ1) is 11.2. The van der Waals surface area contributed by atoms with Gasteiger partial charge >= 0.3 is 0 Å². The Morgan fingerprint density at radius 1 is 1.09 bits per heavy atom. The number of carbonyl (C=O) groups excluding carboxylic acids is 1. The van der Waals surface area contributed by atoms with Crippen LogP contribution in [0.25, 0.3) is 11.0 Å². The maximum atomic E-state index is 13.0. The molecule has 0 radical (unpaired) electrons. The van der Waals surface area contributed by atoms with Crippen LogP contribution in [-0.2, 0) is 6.42 Å². The van der Waals surface area contributed by atoms with Gasteiger partial charge in [-0.05, 0) is 43.5 Å². The monoisotopic (exact) mass is 303 g/mol. The maximum absolute atomic E-state index is 13.0. The predicted octanol–water partition coefficient (Wildman–Crippen LogP) is 3.61. The Labute approximate surface area is 134 Å². The molecule has 1 atom stereocenters. The molecule has 0 saturated heterocycles. The zero-order valence-electron chi connectivity index (χ0n) is 12.9. The molecular formula is C19H17N3O. The van der Waals surface area contributed by atoms with E-state index < -0.39 is 0 Å². The molecule has 4 heteroatoms. The average molecular weight is 303 g/mol. The lowest BCUT2D eigenvalue weighted by molar-refractivity contribution is 0.0970. The van der Waals surface area contributed by atoms with Crippen molar-refractivity contribution in [2.45, 2.75) is 25.8 Å². The molecule has 0 spiro atoms. The van der Waals surface area contributed by atoms with Crippen molar-refractivity contribution in [2.75, 3.05) is 4.90 Å². The van der Waals surface area contributed by atoms with Crippen LogP contribution in [0.1, 0.15) is 29.4 Å². The molecule has 114 valence electrons. The minimum atomic E-state index is -0.0806. The standard InChI is InChI=1S/C19H17N3O/c1-13-10-11-14-6-2-5-9-18(14)22(13)19(23)17-12-20-15-7-3-4-8-16(15)21-17/h2-9,12-13H,10-11H2,1H3/t13-/m0/s1. The van der Waals surface area contributed by atoms with Gasteiger partial charge in [0.05, 0.1) is 17.2 Å². The van der Waals surface area contributed by atoms with Gasteiger partial charge in [0, 0.05) is 11.7 Å². The third-order valence-corrected chi connectivity index (χ3v) is 4.41. The first-order valence-corrected chi connectivity index (χ1v) is 7.87. The van der Waals surface area contributed by atoms with Crippen LogP contribution in [0.3, 0.4) is 0 Å². The van der Waals surface area contributed by atoms with E-state index in [0.717, 1.165) is 29.6 Å². The molecule has 4 nitrogen and oxygen atoms in total. The summed E-state index contributed by atoms with van der Waals surface area (Å²) in [6, 6.07) is 15.9. The van der Waals surface area contributed by atoms with Crippen LogP contribution in [0.4, 0.5) is 5.69 Å². The number of para-hydroxylation sites is 3. The molecule has 3 aromatic rings. The van der Waals surface area contributed by atoms with E-state index >= 15 is 0 Å². The summed E-state index contributed by atoms with van der Waals surface area (Å²) in [7, 11) is 0. The molecule has 1 aliphatic rings. The summed E-state index contributed by atoms with van der Waals surface area (Å²) in [6.45, 7) is 2.09. The van der Waals surface area contributed by atoms with E-state index in [1.807, 2.05) is 47.4 Å². The van der Waals surface area contributed by atoms with Crippen LogP contribution in [0.15, 0.2) is 54.7 Å². The summed E-state index contributed by atoms with van der Waals surface area (Å²) in [4.78, 5) is 23.8. The van der Waals surface area contributed by atoms with Crippen molar-refractivity contribution in [1.29, 1.82) is 0 Å². The van der Waals surface area contributed by atoms with Gasteiger partial charge < -0.3 is 4.90 Å². The van der Waals surface area contributed by atoms with Crippen molar-refractivity contribution < 1.29 is 4.79 Å². The van der Waals surface area contributed by atoms with Crippen LogP contribution in [0.5, 0.6) is 0 Å². The van der Waals surface area contributed by atoms with E-state index in [4.69, 9.17) is 0 Å². The van der Waals surface area contributed by atoms with E-state index in [2.05, 4.69) is 23.0 Å². The number of fused-ring (bicyclic) bond motifs is 2. The van der Waals surface area contributed by atoms with Gasteiger partial charge in [-0.3, -0.25) is 9.78 Å². The van der Waals surface area contributed by atoms with Gasteiger partial charge in [0.15, 0.2) is 0 Å². The number of aryl methyl sites for hydroxylation is 1. The van der Waals surface area contributed by atoms with Crippen LogP contribution in [0, 0.1) is 0 Å². The third-order valence-electron chi connectivity index (χ3n) is 4.41.